The first-order chi connectivity index (χ1) is 14.2. The predicted octanol–water partition coefficient (Wildman–Crippen LogP) is 7.12. The Bertz CT molecular complexity index is 649. The van der Waals surface area contributed by atoms with Crippen molar-refractivity contribution < 1.29 is 74.6 Å². The zero-order valence-electron chi connectivity index (χ0n) is 16.4. The number of halogens is 17. The summed E-state index contributed by atoms with van der Waals surface area (Å²) < 4.78 is 222. The van der Waals surface area contributed by atoms with E-state index in [1.165, 1.54) is 19.0 Å². The lowest BCUT2D eigenvalue weighted by molar-refractivity contribution is -0.461. The molecule has 0 aromatic heterocycles. The van der Waals surface area contributed by atoms with Gasteiger partial charge in [0.15, 0.2) is 0 Å². The molecule has 0 atom stereocenters. The SMILES string of the molecule is CN(C)CCCCCC(F)(F)C(F)(F)C(F)(F)C(F)(F)C(F)(F)C(F)(F)C(F)(F)C(F)(F)F. The van der Waals surface area contributed by atoms with E-state index in [1.54, 1.807) is 0 Å². The van der Waals surface area contributed by atoms with Crippen LogP contribution in [0.3, 0.4) is 0 Å². The van der Waals surface area contributed by atoms with E-state index >= 15 is 0 Å². The quantitative estimate of drug-likeness (QED) is 0.191. The van der Waals surface area contributed by atoms with Crippen LogP contribution in [0.1, 0.15) is 25.7 Å². The molecule has 33 heavy (non-hydrogen) atoms. The molecule has 0 amide bonds. The van der Waals surface area contributed by atoms with Crippen LogP contribution in [0.25, 0.3) is 0 Å². The summed E-state index contributed by atoms with van der Waals surface area (Å²) in [6.07, 6.45) is -11.6. The summed E-state index contributed by atoms with van der Waals surface area (Å²) in [7, 11) is 2.95. The van der Waals surface area contributed by atoms with Crippen molar-refractivity contribution >= 4 is 0 Å². The number of hydrogen-bond donors (Lipinski definition) is 0. The van der Waals surface area contributed by atoms with Crippen LogP contribution in [-0.2, 0) is 0 Å². The average Bonchev–Trinajstić information content (AvgIpc) is 2.58. The van der Waals surface area contributed by atoms with Gasteiger partial charge in [-0.25, -0.2) is 0 Å². The minimum absolute atomic E-state index is 0.0159. The van der Waals surface area contributed by atoms with Gasteiger partial charge in [-0.2, -0.15) is 74.6 Å². The fraction of sp³-hybridized carbons (Fsp3) is 1.00. The summed E-state index contributed by atoms with van der Waals surface area (Å²) in [5.41, 5.74) is 0. The molecule has 200 valence electrons. The van der Waals surface area contributed by atoms with E-state index in [4.69, 9.17) is 0 Å². The summed E-state index contributed by atoms with van der Waals surface area (Å²) in [6, 6.07) is 0. The number of alkyl halides is 17. The third kappa shape index (κ3) is 5.09. The average molecular weight is 533 g/mol. The van der Waals surface area contributed by atoms with Gasteiger partial charge in [0, 0.05) is 6.42 Å². The topological polar surface area (TPSA) is 3.24 Å². The molecule has 0 fully saturated rings. The first-order valence-electron chi connectivity index (χ1n) is 8.53. The van der Waals surface area contributed by atoms with Crippen molar-refractivity contribution in [1.29, 1.82) is 0 Å². The summed E-state index contributed by atoms with van der Waals surface area (Å²) in [6.45, 7) is 0.158. The third-order valence-corrected chi connectivity index (χ3v) is 4.38. The monoisotopic (exact) mass is 533 g/mol. The molecule has 0 aliphatic carbocycles. The molecule has 0 spiro atoms. The van der Waals surface area contributed by atoms with Crippen LogP contribution >= 0.6 is 0 Å². The maximum atomic E-state index is 13.6. The highest BCUT2D eigenvalue weighted by molar-refractivity contribution is 5.15. The Kier molecular flexibility index (Phi) is 8.75. The van der Waals surface area contributed by atoms with Crippen LogP contribution in [0.2, 0.25) is 0 Å². The Morgan fingerprint density at radius 1 is 0.424 bits per heavy atom. The molecule has 0 aromatic carbocycles. The predicted molar refractivity (Wildman–Crippen MR) is 77.7 cm³/mol. The molecule has 1 nitrogen and oxygen atoms in total. The molecule has 0 aliphatic rings. The third-order valence-electron chi connectivity index (χ3n) is 4.38. The Balaban J connectivity index is 6.16. The molecule has 18 heteroatoms. The molecule has 0 rings (SSSR count). The van der Waals surface area contributed by atoms with Crippen LogP contribution in [0.5, 0.6) is 0 Å². The van der Waals surface area contributed by atoms with Crippen molar-refractivity contribution in [2.75, 3.05) is 20.6 Å². The van der Waals surface area contributed by atoms with Gasteiger partial charge in [-0.1, -0.05) is 6.42 Å². The number of nitrogens with zero attached hydrogens (tertiary/aromatic N) is 1. The van der Waals surface area contributed by atoms with Crippen molar-refractivity contribution in [2.45, 2.75) is 73.3 Å². The van der Waals surface area contributed by atoms with E-state index in [0.29, 0.717) is 0 Å². The van der Waals surface area contributed by atoms with Gasteiger partial charge >= 0.3 is 47.6 Å². The van der Waals surface area contributed by atoms with Gasteiger partial charge < -0.3 is 4.90 Å². The molecule has 0 saturated carbocycles. The van der Waals surface area contributed by atoms with E-state index in [-0.39, 0.29) is 13.0 Å². The molecule has 0 aliphatic heterocycles. The standard InChI is InChI=1S/C15H16F17N/c1-33(2)7-5-3-4-6-8(16,17)9(18,19)10(20,21)11(22,23)12(24,25)13(26,27)14(28,29)15(30,31)32/h3-7H2,1-2H3. The van der Waals surface area contributed by atoms with Crippen LogP contribution in [0, 0.1) is 0 Å². The fourth-order valence-corrected chi connectivity index (χ4v) is 2.31. The van der Waals surface area contributed by atoms with E-state index in [1.807, 2.05) is 0 Å². The normalized spacial score (nSPS) is 16.0. The maximum absolute atomic E-state index is 13.6. The number of unbranched alkanes of at least 4 members (excludes halogenated alkanes) is 2. The Morgan fingerprint density at radius 3 is 1.09 bits per heavy atom. The van der Waals surface area contributed by atoms with E-state index in [0.717, 1.165) is 0 Å². The summed E-state index contributed by atoms with van der Waals surface area (Å²) in [4.78, 5) is 1.46. The molecule has 0 saturated heterocycles. The van der Waals surface area contributed by atoms with Crippen molar-refractivity contribution in [3.8, 4) is 0 Å². The van der Waals surface area contributed by atoms with Crippen LogP contribution in [-0.4, -0.2) is 73.2 Å². The van der Waals surface area contributed by atoms with Crippen LogP contribution < -0.4 is 0 Å². The molecule has 0 aromatic rings. The Morgan fingerprint density at radius 2 is 0.758 bits per heavy atom. The first-order valence-corrected chi connectivity index (χ1v) is 8.53. The number of rotatable bonds is 12. The maximum Gasteiger partial charge on any atom is 0.460 e. The zero-order chi connectivity index (χ0) is 27.1. The van der Waals surface area contributed by atoms with E-state index < -0.39 is 66.9 Å². The summed E-state index contributed by atoms with van der Waals surface area (Å²) in [5, 5.41) is 0. The minimum atomic E-state index is -8.58. The van der Waals surface area contributed by atoms with E-state index in [9.17, 15) is 74.6 Å². The van der Waals surface area contributed by atoms with Crippen molar-refractivity contribution in [3.05, 3.63) is 0 Å². The van der Waals surface area contributed by atoms with Crippen molar-refractivity contribution in [1.82, 2.24) is 4.90 Å². The van der Waals surface area contributed by atoms with Gasteiger partial charge in [0.05, 0.1) is 0 Å². The summed E-state index contributed by atoms with van der Waals surface area (Å²) in [5.74, 6) is -55.7. The first kappa shape index (κ1) is 31.8. The Labute approximate surface area is 174 Å². The largest absolute Gasteiger partial charge is 0.460 e. The molecular weight excluding hydrogens is 517 g/mol. The molecule has 0 N–H and O–H groups in total. The molecule has 0 bridgehead atoms. The molecule has 0 heterocycles. The van der Waals surface area contributed by atoms with Crippen molar-refractivity contribution in [3.63, 3.8) is 0 Å². The fourth-order valence-electron chi connectivity index (χ4n) is 2.31. The van der Waals surface area contributed by atoms with Gasteiger partial charge in [-0.15, -0.1) is 0 Å². The molecular formula is C15H16F17N. The lowest BCUT2D eigenvalue weighted by atomic mass is 9.88. The molecule has 0 unspecified atom stereocenters. The number of hydrogen-bond acceptors (Lipinski definition) is 1. The second kappa shape index (κ2) is 9.09. The van der Waals surface area contributed by atoms with Crippen LogP contribution in [0.4, 0.5) is 74.6 Å². The van der Waals surface area contributed by atoms with Gasteiger partial charge in [0.2, 0.25) is 0 Å². The van der Waals surface area contributed by atoms with Gasteiger partial charge in [0.25, 0.3) is 0 Å². The summed E-state index contributed by atoms with van der Waals surface area (Å²) >= 11 is 0. The molecule has 0 radical (unpaired) electrons. The van der Waals surface area contributed by atoms with Gasteiger partial charge in [-0.3, -0.25) is 0 Å². The van der Waals surface area contributed by atoms with E-state index in [2.05, 4.69) is 0 Å². The lowest BCUT2D eigenvalue weighted by Gasteiger charge is -2.42. The zero-order valence-corrected chi connectivity index (χ0v) is 16.4. The second-order valence-corrected chi connectivity index (χ2v) is 7.26. The highest BCUT2D eigenvalue weighted by Gasteiger charge is 2.95. The smallest absolute Gasteiger partial charge is 0.309 e. The van der Waals surface area contributed by atoms with Crippen LogP contribution in [0.15, 0.2) is 0 Å². The second-order valence-electron chi connectivity index (χ2n) is 7.26. The van der Waals surface area contributed by atoms with Gasteiger partial charge in [-0.05, 0) is 33.5 Å². The Hall–Kier alpha value is -1.23. The highest BCUT2D eigenvalue weighted by Crippen LogP contribution is 2.64. The lowest BCUT2D eigenvalue weighted by Crippen LogP contribution is -2.74. The highest BCUT2D eigenvalue weighted by atomic mass is 19.4. The van der Waals surface area contributed by atoms with Gasteiger partial charge in [0.1, 0.15) is 0 Å². The van der Waals surface area contributed by atoms with Crippen molar-refractivity contribution in [2.24, 2.45) is 0 Å². The minimum Gasteiger partial charge on any atom is -0.309 e.